The highest BCUT2D eigenvalue weighted by atomic mass is 16.5. The van der Waals surface area contributed by atoms with Crippen molar-refractivity contribution in [3.05, 3.63) is 30.3 Å². The number of morpholine rings is 1. The van der Waals surface area contributed by atoms with Crippen molar-refractivity contribution >= 4 is 11.8 Å². The highest BCUT2D eigenvalue weighted by Gasteiger charge is 2.42. The molecule has 2 unspecified atom stereocenters. The molecule has 3 fully saturated rings. The Kier molecular flexibility index (Phi) is 8.03. The number of ether oxygens (including phenoxy) is 3. The quantitative estimate of drug-likeness (QED) is 0.647. The van der Waals surface area contributed by atoms with Gasteiger partial charge in [0.1, 0.15) is 18.0 Å². The van der Waals surface area contributed by atoms with Crippen LogP contribution in [0.1, 0.15) is 51.4 Å². The maximum atomic E-state index is 13.1. The third-order valence-electron chi connectivity index (χ3n) is 6.70. The van der Waals surface area contributed by atoms with Crippen molar-refractivity contribution in [2.24, 2.45) is 0 Å². The Hall–Kier alpha value is -2.12. The van der Waals surface area contributed by atoms with E-state index in [0.717, 1.165) is 57.6 Å². The van der Waals surface area contributed by atoms with Crippen LogP contribution in [-0.2, 0) is 19.1 Å². The fraction of sp³-hybridized carbons (Fsp3) is 0.680. The molecular formula is C25H36N2O5. The largest absolute Gasteiger partial charge is 0.490 e. The summed E-state index contributed by atoms with van der Waals surface area (Å²) in [5.41, 5.74) is -0.842. The van der Waals surface area contributed by atoms with Crippen LogP contribution in [0.15, 0.2) is 30.3 Å². The van der Waals surface area contributed by atoms with Crippen LogP contribution in [-0.4, -0.2) is 79.3 Å². The molecule has 0 bridgehead atoms. The van der Waals surface area contributed by atoms with Crippen molar-refractivity contribution in [3.8, 4) is 5.75 Å². The molecule has 3 aliphatic rings. The molecule has 3 saturated heterocycles. The molecule has 2 atom stereocenters. The van der Waals surface area contributed by atoms with Crippen LogP contribution in [0.3, 0.4) is 0 Å². The van der Waals surface area contributed by atoms with E-state index in [1.165, 1.54) is 6.42 Å². The van der Waals surface area contributed by atoms with E-state index in [-0.39, 0.29) is 30.9 Å². The van der Waals surface area contributed by atoms with Crippen molar-refractivity contribution in [3.63, 3.8) is 0 Å². The molecule has 3 heterocycles. The smallest absolute Gasteiger partial charge is 0.225 e. The van der Waals surface area contributed by atoms with E-state index in [1.807, 2.05) is 40.1 Å². The Morgan fingerprint density at radius 2 is 1.75 bits per heavy atom. The minimum atomic E-state index is -0.842. The number of piperidine rings is 1. The summed E-state index contributed by atoms with van der Waals surface area (Å²) >= 11 is 0. The predicted octanol–water partition coefficient (Wildman–Crippen LogP) is 3.02. The Balaban J connectivity index is 1.44. The van der Waals surface area contributed by atoms with Gasteiger partial charge in [-0.15, -0.1) is 0 Å². The van der Waals surface area contributed by atoms with Crippen LogP contribution in [0.25, 0.3) is 0 Å². The molecule has 176 valence electrons. The molecule has 0 radical (unpaired) electrons. The molecular weight excluding hydrogens is 408 g/mol. The van der Waals surface area contributed by atoms with E-state index in [1.54, 1.807) is 0 Å². The van der Waals surface area contributed by atoms with Gasteiger partial charge in [0.15, 0.2) is 0 Å². The van der Waals surface area contributed by atoms with Gasteiger partial charge in [0.25, 0.3) is 0 Å². The number of rotatable bonds is 7. The van der Waals surface area contributed by atoms with Gasteiger partial charge in [-0.1, -0.05) is 18.2 Å². The zero-order valence-corrected chi connectivity index (χ0v) is 19.0. The van der Waals surface area contributed by atoms with Gasteiger partial charge in [0.2, 0.25) is 11.8 Å². The van der Waals surface area contributed by atoms with Gasteiger partial charge in [-0.25, -0.2) is 0 Å². The van der Waals surface area contributed by atoms with Crippen molar-refractivity contribution in [2.75, 3.05) is 46.0 Å². The van der Waals surface area contributed by atoms with E-state index in [9.17, 15) is 9.59 Å². The van der Waals surface area contributed by atoms with Crippen LogP contribution in [0.4, 0.5) is 0 Å². The molecule has 0 saturated carbocycles. The molecule has 32 heavy (non-hydrogen) atoms. The molecule has 1 aromatic carbocycles. The lowest BCUT2D eigenvalue weighted by Gasteiger charge is -2.43. The lowest BCUT2D eigenvalue weighted by molar-refractivity contribution is -0.168. The maximum absolute atomic E-state index is 13.1. The second kappa shape index (κ2) is 11.1. The van der Waals surface area contributed by atoms with E-state index >= 15 is 0 Å². The van der Waals surface area contributed by atoms with Crippen LogP contribution >= 0.6 is 0 Å². The minimum Gasteiger partial charge on any atom is -0.490 e. The Morgan fingerprint density at radius 1 is 0.938 bits per heavy atom. The number of carbonyl (C=O) groups is 2. The van der Waals surface area contributed by atoms with E-state index in [0.29, 0.717) is 26.1 Å². The predicted molar refractivity (Wildman–Crippen MR) is 120 cm³/mol. The molecule has 2 amide bonds. The molecule has 0 spiro atoms. The number of hydrogen-bond donors (Lipinski definition) is 0. The van der Waals surface area contributed by atoms with Gasteiger partial charge >= 0.3 is 0 Å². The second-order valence-electron chi connectivity index (χ2n) is 9.26. The van der Waals surface area contributed by atoms with Crippen LogP contribution in [0.5, 0.6) is 5.75 Å². The Bertz CT molecular complexity index is 746. The number of carbonyl (C=O) groups excluding carboxylic acids is 2. The van der Waals surface area contributed by atoms with Crippen LogP contribution in [0.2, 0.25) is 0 Å². The summed E-state index contributed by atoms with van der Waals surface area (Å²) in [7, 11) is 0. The first kappa shape index (κ1) is 23.1. The van der Waals surface area contributed by atoms with Gasteiger partial charge in [-0.2, -0.15) is 0 Å². The summed E-state index contributed by atoms with van der Waals surface area (Å²) in [6.07, 6.45) is 7.02. The molecule has 4 rings (SSSR count). The van der Waals surface area contributed by atoms with Crippen LogP contribution in [0, 0.1) is 0 Å². The number of nitrogens with zero attached hydrogens (tertiary/aromatic N) is 2. The first-order chi connectivity index (χ1) is 15.6. The third kappa shape index (κ3) is 6.23. The zero-order chi connectivity index (χ0) is 22.2. The normalized spacial score (nSPS) is 26.6. The number of para-hydroxylation sites is 1. The van der Waals surface area contributed by atoms with E-state index < -0.39 is 5.60 Å². The molecule has 7 nitrogen and oxygen atoms in total. The second-order valence-corrected chi connectivity index (χ2v) is 9.26. The summed E-state index contributed by atoms with van der Waals surface area (Å²) in [5, 5.41) is 0. The van der Waals surface area contributed by atoms with Crippen molar-refractivity contribution in [1.29, 1.82) is 0 Å². The van der Waals surface area contributed by atoms with Gasteiger partial charge in [0, 0.05) is 26.2 Å². The molecule has 3 aliphatic heterocycles. The van der Waals surface area contributed by atoms with Gasteiger partial charge in [-0.05, 0) is 50.7 Å². The highest BCUT2D eigenvalue weighted by Crippen LogP contribution is 2.27. The number of amides is 2. The summed E-state index contributed by atoms with van der Waals surface area (Å²) in [6, 6.07) is 9.57. The number of hydrogen-bond acceptors (Lipinski definition) is 5. The molecule has 7 heteroatoms. The Labute approximate surface area is 191 Å². The molecule has 0 aromatic heterocycles. The topological polar surface area (TPSA) is 68.3 Å². The zero-order valence-electron chi connectivity index (χ0n) is 19.0. The standard InChI is InChI=1S/C25H36N2O5/c28-23(17-22-11-5-8-15-30-22)27-14-16-32-25(19-27,20-31-21-9-3-1-4-10-21)18-24(29)26-12-6-2-7-13-26/h1,3-4,9-10,22H,2,5-8,11-20H2. The first-order valence-corrected chi connectivity index (χ1v) is 12.1. The Morgan fingerprint density at radius 3 is 2.50 bits per heavy atom. The molecule has 1 aromatic rings. The molecule has 0 N–H and O–H groups in total. The van der Waals surface area contributed by atoms with Crippen LogP contribution < -0.4 is 4.74 Å². The SMILES string of the molecule is O=C(CC1(COc2ccccc2)CN(C(=O)CC2CCCCO2)CCO1)N1CCCCC1. The fourth-order valence-corrected chi connectivity index (χ4v) is 4.86. The van der Waals surface area contributed by atoms with Crippen molar-refractivity contribution in [2.45, 2.75) is 63.1 Å². The van der Waals surface area contributed by atoms with Gasteiger partial charge in [0.05, 0.1) is 32.1 Å². The van der Waals surface area contributed by atoms with Gasteiger partial charge in [-0.3, -0.25) is 9.59 Å². The monoisotopic (exact) mass is 444 g/mol. The minimum absolute atomic E-state index is 0.00375. The molecule has 0 aliphatic carbocycles. The third-order valence-corrected chi connectivity index (χ3v) is 6.70. The number of benzene rings is 1. The van der Waals surface area contributed by atoms with E-state index in [4.69, 9.17) is 14.2 Å². The lowest BCUT2D eigenvalue weighted by Crippen LogP contribution is -2.58. The maximum Gasteiger partial charge on any atom is 0.225 e. The first-order valence-electron chi connectivity index (χ1n) is 12.1. The summed E-state index contributed by atoms with van der Waals surface area (Å²) in [6.45, 7) is 3.89. The highest BCUT2D eigenvalue weighted by molar-refractivity contribution is 5.79. The van der Waals surface area contributed by atoms with Gasteiger partial charge < -0.3 is 24.0 Å². The lowest BCUT2D eigenvalue weighted by atomic mass is 9.95. The van der Waals surface area contributed by atoms with Crippen molar-refractivity contribution in [1.82, 2.24) is 9.80 Å². The summed E-state index contributed by atoms with van der Waals surface area (Å²) in [5.74, 6) is 0.904. The van der Waals surface area contributed by atoms with Crippen molar-refractivity contribution < 1.29 is 23.8 Å². The summed E-state index contributed by atoms with van der Waals surface area (Å²) < 4.78 is 18.1. The average molecular weight is 445 g/mol. The fourth-order valence-electron chi connectivity index (χ4n) is 4.86. The average Bonchev–Trinajstić information content (AvgIpc) is 2.85. The van der Waals surface area contributed by atoms with E-state index in [2.05, 4.69) is 0 Å². The number of likely N-dealkylation sites (tertiary alicyclic amines) is 1. The summed E-state index contributed by atoms with van der Waals surface area (Å²) in [4.78, 5) is 30.0.